The van der Waals surface area contributed by atoms with Crippen LogP contribution in [0.25, 0.3) is 12.3 Å². The van der Waals surface area contributed by atoms with E-state index in [-0.39, 0.29) is 44.7 Å². The summed E-state index contributed by atoms with van der Waals surface area (Å²) in [4.78, 5) is 36.7. The fourth-order valence-electron chi connectivity index (χ4n) is 1.24. The SMILES string of the molecule is NC(c1ccc(O)cc1)(P([O-])(=[OH+])[OH2+])P([O-])(=[OH+])[OH2+].[NH2-].[NH2-].[Pt+4]. The first-order valence-electron chi connectivity index (χ1n) is 4.24. The molecule has 0 spiro atoms. The first-order chi connectivity index (χ1) is 7.50. The van der Waals surface area contributed by atoms with Crippen molar-refractivity contribution >= 4 is 15.2 Å². The average molecular weight is 512 g/mol. The number of benzene rings is 1. The zero-order valence-electron chi connectivity index (χ0n) is 9.91. The van der Waals surface area contributed by atoms with E-state index >= 15 is 0 Å². The second-order valence-corrected chi connectivity index (χ2v) is 7.49. The van der Waals surface area contributed by atoms with Crippen molar-refractivity contribution in [3.63, 3.8) is 0 Å². The molecule has 13 heteroatoms. The van der Waals surface area contributed by atoms with Gasteiger partial charge < -0.3 is 37.0 Å². The number of aromatic hydroxyl groups is 1. The Kier molecular flexibility index (Phi) is 9.67. The molecule has 0 aliphatic heterocycles. The van der Waals surface area contributed by atoms with Crippen LogP contribution in [0.4, 0.5) is 0 Å². The van der Waals surface area contributed by atoms with Gasteiger partial charge in [-0.1, -0.05) is 12.1 Å². The maximum absolute atomic E-state index is 11.4. The molecule has 13 N–H and O–H groups in total. The summed E-state index contributed by atoms with van der Waals surface area (Å²) in [5.74, 6) is -0.188. The van der Waals surface area contributed by atoms with Crippen LogP contribution in [-0.4, -0.2) is 24.0 Å². The molecule has 0 aliphatic carbocycles. The number of phenolic OH excluding ortho intramolecular Hbond substituents is 1. The van der Waals surface area contributed by atoms with E-state index < -0.39 is 20.2 Å². The van der Waals surface area contributed by atoms with Crippen molar-refractivity contribution in [1.29, 1.82) is 0 Å². The predicted octanol–water partition coefficient (Wildman–Crippen LogP) is -0.667. The van der Waals surface area contributed by atoms with Gasteiger partial charge in [-0.05, 0) is 12.1 Å². The van der Waals surface area contributed by atoms with Crippen LogP contribution in [0.5, 0.6) is 5.75 Å². The molecule has 0 saturated carbocycles. The van der Waals surface area contributed by atoms with E-state index in [1.807, 2.05) is 0 Å². The van der Waals surface area contributed by atoms with Crippen LogP contribution in [0.1, 0.15) is 5.56 Å². The van der Waals surface area contributed by atoms with E-state index in [1.165, 1.54) is 0 Å². The molecule has 0 heterocycles. The molecular weight excluding hydrogens is 495 g/mol. The van der Waals surface area contributed by atoms with Crippen molar-refractivity contribution in [3.8, 4) is 5.75 Å². The Bertz CT molecular complexity index is 492. The first kappa shape index (κ1) is 24.9. The first-order valence-corrected chi connectivity index (χ1v) is 7.56. The molecule has 0 bridgehead atoms. The van der Waals surface area contributed by atoms with Crippen LogP contribution in [0.3, 0.4) is 0 Å². The van der Waals surface area contributed by atoms with Gasteiger partial charge in [0.15, 0.2) is 0 Å². The van der Waals surface area contributed by atoms with Crippen LogP contribution < -0.4 is 15.5 Å². The molecule has 0 fully saturated rings. The number of hydrogen-bond donors (Lipinski definition) is 2. The molecular formula is C7H17N3O7P2Pt+4. The van der Waals surface area contributed by atoms with Gasteiger partial charge in [0.2, 0.25) is 0 Å². The number of rotatable bonds is 3. The van der Waals surface area contributed by atoms with Gasteiger partial charge in [-0.25, -0.2) is 0 Å². The molecule has 118 valence electrons. The average Bonchev–Trinajstić information content (AvgIpc) is 2.14. The molecule has 1 rings (SSSR count). The molecule has 0 aromatic heterocycles. The van der Waals surface area contributed by atoms with Crippen molar-refractivity contribution in [1.82, 2.24) is 0 Å². The van der Waals surface area contributed by atoms with Crippen LogP contribution in [0, 0.1) is 0 Å². The van der Waals surface area contributed by atoms with Crippen molar-refractivity contribution < 1.29 is 54.9 Å². The fraction of sp³-hybridized carbons (Fsp3) is 0.143. The summed E-state index contributed by atoms with van der Waals surface area (Å²) in [6.45, 7) is 0. The van der Waals surface area contributed by atoms with E-state index in [4.69, 9.17) is 20.6 Å². The molecule has 2 atom stereocenters. The Balaban J connectivity index is -0.000000963. The maximum atomic E-state index is 11.4. The van der Waals surface area contributed by atoms with Gasteiger partial charge in [-0.3, -0.25) is 14.9 Å². The second-order valence-electron chi connectivity index (χ2n) is 3.43. The largest absolute Gasteiger partial charge is 4.00 e. The molecule has 1 aromatic rings. The smallest absolute Gasteiger partial charge is 0.693 e. The van der Waals surface area contributed by atoms with Crippen molar-refractivity contribution in [3.05, 3.63) is 42.1 Å². The summed E-state index contributed by atoms with van der Waals surface area (Å²) in [6, 6.07) is 4.18. The van der Waals surface area contributed by atoms with Gasteiger partial charge in [0.05, 0.1) is 0 Å². The summed E-state index contributed by atoms with van der Waals surface area (Å²) in [6.07, 6.45) is 0. The third kappa shape index (κ3) is 4.44. The summed E-state index contributed by atoms with van der Waals surface area (Å²) >= 11 is 0. The fourth-order valence-corrected chi connectivity index (χ4v) is 3.71. The van der Waals surface area contributed by atoms with Gasteiger partial charge >= 0.3 is 41.3 Å². The molecule has 0 aliphatic rings. The molecule has 1 aromatic carbocycles. The van der Waals surface area contributed by atoms with Crippen molar-refractivity contribution in [2.45, 2.75) is 5.02 Å². The number of phenols is 1. The zero-order chi connectivity index (χ0) is 13.5. The third-order valence-corrected chi connectivity index (χ3v) is 6.21. The third-order valence-electron chi connectivity index (χ3n) is 2.22. The summed E-state index contributed by atoms with van der Waals surface area (Å²) < 4.78 is 18.4. The van der Waals surface area contributed by atoms with Crippen LogP contribution in [-0.2, 0) is 26.1 Å². The summed E-state index contributed by atoms with van der Waals surface area (Å²) in [5, 5.41) is 6.14. The molecule has 2 unspecified atom stereocenters. The van der Waals surface area contributed by atoms with Gasteiger partial charge in [-0.15, -0.1) is 0 Å². The maximum Gasteiger partial charge on any atom is 4.00 e. The Morgan fingerprint density at radius 3 is 1.60 bits per heavy atom. The molecule has 0 amide bonds. The Hall–Kier alpha value is -0.112. The van der Waals surface area contributed by atoms with Gasteiger partial charge in [0.25, 0.3) is 0 Å². The molecule has 0 saturated heterocycles. The van der Waals surface area contributed by atoms with E-state index in [0.29, 0.717) is 0 Å². The minimum Gasteiger partial charge on any atom is -0.693 e. The van der Waals surface area contributed by atoms with Crippen LogP contribution in [0.15, 0.2) is 24.3 Å². The quantitative estimate of drug-likeness (QED) is 0.395. The van der Waals surface area contributed by atoms with Gasteiger partial charge in [0.1, 0.15) is 5.75 Å². The Morgan fingerprint density at radius 2 is 1.35 bits per heavy atom. The minimum atomic E-state index is -5.00. The monoisotopic (exact) mass is 512 g/mol. The summed E-state index contributed by atoms with van der Waals surface area (Å²) in [7, 11) is -10.0. The van der Waals surface area contributed by atoms with E-state index in [9.17, 15) is 18.9 Å². The Morgan fingerprint density at radius 1 is 1.05 bits per heavy atom. The molecule has 0 radical (unpaired) electrons. The van der Waals surface area contributed by atoms with E-state index in [2.05, 4.69) is 0 Å². The van der Waals surface area contributed by atoms with E-state index in [1.54, 1.807) is 0 Å². The minimum absolute atomic E-state index is 0. The zero-order valence-corrected chi connectivity index (χ0v) is 14.0. The van der Waals surface area contributed by atoms with Gasteiger partial charge in [0, 0.05) is 5.56 Å². The van der Waals surface area contributed by atoms with E-state index in [0.717, 1.165) is 24.3 Å². The number of hydrogen-bond acceptors (Lipinski definition) is 4. The van der Waals surface area contributed by atoms with Crippen molar-refractivity contribution in [2.24, 2.45) is 5.73 Å². The van der Waals surface area contributed by atoms with Crippen molar-refractivity contribution in [2.75, 3.05) is 0 Å². The van der Waals surface area contributed by atoms with Gasteiger partial charge in [-0.2, -0.15) is 0 Å². The summed E-state index contributed by atoms with van der Waals surface area (Å²) in [5.41, 5.74) is 5.00. The Labute approximate surface area is 129 Å². The second kappa shape index (κ2) is 7.77. The predicted molar refractivity (Wildman–Crippen MR) is 69.5 cm³/mol. The molecule has 10 nitrogen and oxygen atoms in total. The normalized spacial score (nSPS) is 18.9. The van der Waals surface area contributed by atoms with Crippen LogP contribution in [0.2, 0.25) is 0 Å². The molecule has 20 heavy (non-hydrogen) atoms. The van der Waals surface area contributed by atoms with Crippen LogP contribution >= 0.6 is 15.2 Å². The topological polar surface area (TPSA) is 248 Å². The number of nitrogens with two attached hydrogens (primary N) is 3. The standard InChI is InChI=1S/C7H11NO7P2.2H2N.Pt/c8-7(16(10,11)12,17(13,14)15)5-1-3-6(9)4-2-5;;;/h1-4,9H,8H2,(H2,10,11,12)(H2,13,14,15);2*1H2;/q;2*-1;+4/p+2.